The Morgan fingerprint density at radius 3 is 2.56 bits per heavy atom. The highest BCUT2D eigenvalue weighted by atomic mass is 32.1. The van der Waals surface area contributed by atoms with Crippen molar-refractivity contribution in [3.8, 4) is 17.0 Å². The molecule has 0 saturated heterocycles. The fraction of sp³-hybridized carbons (Fsp3) is 0.143. The number of nitrogens with one attached hydrogen (secondary N) is 1. The number of thiazole rings is 1. The number of imidazole rings is 1. The van der Waals surface area contributed by atoms with Crippen molar-refractivity contribution in [2.24, 2.45) is 0 Å². The number of hydrogen-bond acceptors (Lipinski definition) is 4. The van der Waals surface area contributed by atoms with Crippen LogP contribution in [0.1, 0.15) is 23.0 Å². The first-order valence-corrected chi connectivity index (χ1v) is 9.57. The lowest BCUT2D eigenvalue weighted by atomic mass is 10.1. The number of fused-ring (bicyclic) bond motifs is 1. The molecular formula is C21H19N3O2S. The molecule has 0 fully saturated rings. The van der Waals surface area contributed by atoms with Gasteiger partial charge in [-0.1, -0.05) is 19.1 Å². The summed E-state index contributed by atoms with van der Waals surface area (Å²) in [7, 11) is 1.64. The van der Waals surface area contributed by atoms with E-state index in [2.05, 4.69) is 17.2 Å². The minimum Gasteiger partial charge on any atom is -0.497 e. The number of methoxy groups -OCH3 is 1. The zero-order valence-electron chi connectivity index (χ0n) is 15.1. The highest BCUT2D eigenvalue weighted by Gasteiger charge is 2.15. The Labute approximate surface area is 161 Å². The molecule has 4 rings (SSSR count). The Kier molecular flexibility index (Phi) is 4.64. The first-order valence-electron chi connectivity index (χ1n) is 8.69. The third-order valence-corrected chi connectivity index (χ3v) is 5.29. The van der Waals surface area contributed by atoms with E-state index >= 15 is 0 Å². The van der Waals surface area contributed by atoms with E-state index in [1.54, 1.807) is 7.11 Å². The maximum absolute atomic E-state index is 12.7. The number of nitrogens with zero attached hydrogens (tertiary/aromatic N) is 2. The fourth-order valence-electron chi connectivity index (χ4n) is 2.87. The monoisotopic (exact) mass is 377 g/mol. The number of benzene rings is 2. The molecule has 2 heterocycles. The summed E-state index contributed by atoms with van der Waals surface area (Å²) < 4.78 is 7.03. The number of aryl methyl sites for hydroxylation is 1. The van der Waals surface area contributed by atoms with Gasteiger partial charge in [0, 0.05) is 22.8 Å². The number of ether oxygens (including phenoxy) is 1. The maximum atomic E-state index is 12.7. The molecule has 6 heteroatoms. The van der Waals surface area contributed by atoms with Crippen LogP contribution in [-0.4, -0.2) is 22.4 Å². The van der Waals surface area contributed by atoms with Gasteiger partial charge in [-0.2, -0.15) is 0 Å². The predicted octanol–water partition coefficient (Wildman–Crippen LogP) is 4.89. The molecule has 0 aliphatic rings. The lowest BCUT2D eigenvalue weighted by Gasteiger charge is -2.05. The Balaban J connectivity index is 1.59. The van der Waals surface area contributed by atoms with Crippen molar-refractivity contribution < 1.29 is 9.53 Å². The standard InChI is InChI=1S/C21H19N3O2S/c1-3-14-4-8-16(9-5-14)22-20(25)19-13-27-21-23-18(12-24(19)21)15-6-10-17(26-2)11-7-15/h4-13H,3H2,1-2H3,(H,22,25). The van der Waals surface area contributed by atoms with Crippen LogP contribution in [0, 0.1) is 0 Å². The van der Waals surface area contributed by atoms with Crippen molar-refractivity contribution >= 4 is 27.9 Å². The van der Waals surface area contributed by atoms with E-state index in [0.29, 0.717) is 5.69 Å². The lowest BCUT2D eigenvalue weighted by Crippen LogP contribution is -2.13. The minimum atomic E-state index is -0.149. The van der Waals surface area contributed by atoms with Crippen molar-refractivity contribution in [1.82, 2.24) is 9.38 Å². The van der Waals surface area contributed by atoms with E-state index in [1.807, 2.05) is 64.5 Å². The van der Waals surface area contributed by atoms with Crippen molar-refractivity contribution in [2.45, 2.75) is 13.3 Å². The van der Waals surface area contributed by atoms with Gasteiger partial charge in [0.15, 0.2) is 4.96 Å². The van der Waals surface area contributed by atoms with Gasteiger partial charge in [-0.15, -0.1) is 11.3 Å². The van der Waals surface area contributed by atoms with Crippen LogP contribution in [0.15, 0.2) is 60.1 Å². The molecule has 1 N–H and O–H groups in total. The summed E-state index contributed by atoms with van der Waals surface area (Å²) in [5.74, 6) is 0.651. The molecule has 0 saturated carbocycles. The second-order valence-corrected chi connectivity index (χ2v) is 6.97. The molecule has 0 aliphatic carbocycles. The first kappa shape index (κ1) is 17.3. The first-order chi connectivity index (χ1) is 13.2. The normalized spacial score (nSPS) is 10.9. The molecule has 27 heavy (non-hydrogen) atoms. The topological polar surface area (TPSA) is 55.6 Å². The van der Waals surface area contributed by atoms with E-state index in [9.17, 15) is 4.79 Å². The number of hydrogen-bond donors (Lipinski definition) is 1. The Morgan fingerprint density at radius 2 is 1.89 bits per heavy atom. The molecule has 2 aromatic carbocycles. The summed E-state index contributed by atoms with van der Waals surface area (Å²) in [6.07, 6.45) is 2.87. The molecule has 2 aromatic heterocycles. The highest BCUT2D eigenvalue weighted by Crippen LogP contribution is 2.25. The van der Waals surface area contributed by atoms with Crippen LogP contribution in [0.25, 0.3) is 16.2 Å². The summed E-state index contributed by atoms with van der Waals surface area (Å²) in [5, 5.41) is 4.78. The van der Waals surface area contributed by atoms with Gasteiger partial charge in [0.1, 0.15) is 11.4 Å². The van der Waals surface area contributed by atoms with Crippen molar-refractivity contribution in [3.05, 3.63) is 71.4 Å². The summed E-state index contributed by atoms with van der Waals surface area (Å²) in [6.45, 7) is 2.11. The van der Waals surface area contributed by atoms with Gasteiger partial charge in [-0.05, 0) is 48.4 Å². The summed E-state index contributed by atoms with van der Waals surface area (Å²) in [6, 6.07) is 15.6. The molecule has 0 bridgehead atoms. The Hall–Kier alpha value is -3.12. The highest BCUT2D eigenvalue weighted by molar-refractivity contribution is 7.15. The number of carbonyl (C=O) groups is 1. The van der Waals surface area contributed by atoms with Crippen LogP contribution in [0.4, 0.5) is 5.69 Å². The summed E-state index contributed by atoms with van der Waals surface area (Å²) >= 11 is 1.45. The average molecular weight is 377 g/mol. The lowest BCUT2D eigenvalue weighted by molar-refractivity contribution is 0.102. The number of rotatable bonds is 5. The molecule has 0 radical (unpaired) electrons. The Bertz CT molecular complexity index is 1080. The van der Waals surface area contributed by atoms with Crippen LogP contribution in [-0.2, 0) is 6.42 Å². The zero-order chi connectivity index (χ0) is 18.8. The van der Waals surface area contributed by atoms with E-state index in [0.717, 1.165) is 34.1 Å². The molecule has 0 unspecified atom stereocenters. The molecule has 136 valence electrons. The average Bonchev–Trinajstić information content (AvgIpc) is 3.29. The fourth-order valence-corrected chi connectivity index (χ4v) is 3.72. The number of anilines is 1. The number of aromatic nitrogens is 2. The van der Waals surface area contributed by atoms with Crippen LogP contribution >= 0.6 is 11.3 Å². The van der Waals surface area contributed by atoms with Gasteiger partial charge in [-0.25, -0.2) is 4.98 Å². The smallest absolute Gasteiger partial charge is 0.273 e. The summed E-state index contributed by atoms with van der Waals surface area (Å²) in [5.41, 5.74) is 4.40. The molecule has 4 aromatic rings. The second-order valence-electron chi connectivity index (χ2n) is 6.13. The van der Waals surface area contributed by atoms with Crippen LogP contribution in [0.3, 0.4) is 0 Å². The zero-order valence-corrected chi connectivity index (χ0v) is 15.9. The van der Waals surface area contributed by atoms with Gasteiger partial charge < -0.3 is 10.1 Å². The van der Waals surface area contributed by atoms with Gasteiger partial charge in [0.05, 0.1) is 12.8 Å². The SMILES string of the molecule is CCc1ccc(NC(=O)c2csc3nc(-c4ccc(OC)cc4)cn23)cc1. The molecular weight excluding hydrogens is 358 g/mol. The van der Waals surface area contributed by atoms with Gasteiger partial charge in [0.25, 0.3) is 5.91 Å². The van der Waals surface area contributed by atoms with Crippen LogP contribution in [0.2, 0.25) is 0 Å². The molecule has 0 atom stereocenters. The largest absolute Gasteiger partial charge is 0.497 e. The van der Waals surface area contributed by atoms with Crippen molar-refractivity contribution in [2.75, 3.05) is 12.4 Å². The number of amides is 1. The maximum Gasteiger partial charge on any atom is 0.273 e. The van der Waals surface area contributed by atoms with Crippen LogP contribution < -0.4 is 10.1 Å². The van der Waals surface area contributed by atoms with E-state index in [-0.39, 0.29) is 5.91 Å². The van der Waals surface area contributed by atoms with E-state index in [1.165, 1.54) is 16.9 Å². The van der Waals surface area contributed by atoms with Gasteiger partial charge in [0.2, 0.25) is 0 Å². The molecule has 0 spiro atoms. The van der Waals surface area contributed by atoms with Gasteiger partial charge in [-0.3, -0.25) is 9.20 Å². The third-order valence-electron chi connectivity index (χ3n) is 4.45. The summed E-state index contributed by atoms with van der Waals surface area (Å²) in [4.78, 5) is 18.1. The number of carbonyl (C=O) groups excluding carboxylic acids is 1. The quantitative estimate of drug-likeness (QED) is 0.539. The van der Waals surface area contributed by atoms with E-state index < -0.39 is 0 Å². The van der Waals surface area contributed by atoms with Crippen molar-refractivity contribution in [3.63, 3.8) is 0 Å². The second kappa shape index (κ2) is 7.25. The Morgan fingerprint density at radius 1 is 1.15 bits per heavy atom. The van der Waals surface area contributed by atoms with E-state index in [4.69, 9.17) is 4.74 Å². The minimum absolute atomic E-state index is 0.149. The predicted molar refractivity (Wildman–Crippen MR) is 109 cm³/mol. The van der Waals surface area contributed by atoms with Gasteiger partial charge >= 0.3 is 0 Å². The van der Waals surface area contributed by atoms with Crippen molar-refractivity contribution in [1.29, 1.82) is 0 Å². The molecule has 1 amide bonds. The third kappa shape index (κ3) is 3.44. The molecule has 0 aliphatic heterocycles. The molecule has 5 nitrogen and oxygen atoms in total. The van der Waals surface area contributed by atoms with Crippen LogP contribution in [0.5, 0.6) is 5.75 Å².